The molecule has 124 valence electrons. The molecule has 0 aromatic carbocycles. The molecule has 0 radical (unpaired) electrons. The Balaban J connectivity index is 1.41. The molecule has 2 atom stereocenters. The topological polar surface area (TPSA) is 69.3 Å². The molecule has 3 fully saturated rings. The SMILES string of the molecule is Cc1cc([C@H]2CCCN(C(=O)[C@H]3CC(=O)N(C4CC4)C3)C2)n[nH]1. The largest absolute Gasteiger partial charge is 0.342 e. The number of hydrogen-bond donors (Lipinski definition) is 1. The molecule has 6 heteroatoms. The number of hydrogen-bond acceptors (Lipinski definition) is 3. The van der Waals surface area contributed by atoms with E-state index in [2.05, 4.69) is 16.3 Å². The van der Waals surface area contributed by atoms with E-state index in [1.165, 1.54) is 0 Å². The smallest absolute Gasteiger partial charge is 0.228 e. The first kappa shape index (κ1) is 14.7. The van der Waals surface area contributed by atoms with Crippen LogP contribution in [0, 0.1) is 12.8 Å². The molecule has 1 aromatic heterocycles. The fraction of sp³-hybridized carbons (Fsp3) is 0.706. The van der Waals surface area contributed by atoms with Gasteiger partial charge in [0.1, 0.15) is 0 Å². The average Bonchev–Trinajstić information content (AvgIpc) is 3.19. The summed E-state index contributed by atoms with van der Waals surface area (Å²) in [5, 5.41) is 7.35. The Morgan fingerprint density at radius 1 is 1.30 bits per heavy atom. The van der Waals surface area contributed by atoms with Gasteiger partial charge in [-0.05, 0) is 38.7 Å². The quantitative estimate of drug-likeness (QED) is 0.917. The standard InChI is InChI=1S/C17H24N4O2/c1-11-7-15(19-18-11)12-3-2-6-20(9-12)17(23)13-8-16(22)21(10-13)14-4-5-14/h7,12-14H,2-6,8-10H2,1H3,(H,18,19)/t12-,13-/m0/s1. The van der Waals surface area contributed by atoms with Gasteiger partial charge in [0.2, 0.25) is 11.8 Å². The number of carbonyl (C=O) groups excluding carboxylic acids is 2. The van der Waals surface area contributed by atoms with E-state index >= 15 is 0 Å². The molecule has 1 saturated carbocycles. The molecule has 3 heterocycles. The fourth-order valence-corrected chi connectivity index (χ4v) is 3.96. The summed E-state index contributed by atoms with van der Waals surface area (Å²) in [5.74, 6) is 0.512. The van der Waals surface area contributed by atoms with Crippen molar-refractivity contribution in [1.29, 1.82) is 0 Å². The lowest BCUT2D eigenvalue weighted by molar-refractivity contribution is -0.137. The van der Waals surface area contributed by atoms with Gasteiger partial charge in [-0.1, -0.05) is 0 Å². The Morgan fingerprint density at radius 3 is 2.83 bits per heavy atom. The molecular formula is C17H24N4O2. The summed E-state index contributed by atoms with van der Waals surface area (Å²) >= 11 is 0. The highest BCUT2D eigenvalue weighted by Gasteiger charge is 2.43. The number of nitrogens with one attached hydrogen (secondary N) is 1. The van der Waals surface area contributed by atoms with E-state index in [4.69, 9.17) is 0 Å². The van der Waals surface area contributed by atoms with Crippen LogP contribution in [0.5, 0.6) is 0 Å². The third-order valence-electron chi connectivity index (χ3n) is 5.37. The summed E-state index contributed by atoms with van der Waals surface area (Å²) in [5.41, 5.74) is 2.12. The summed E-state index contributed by atoms with van der Waals surface area (Å²) in [6, 6.07) is 2.49. The first-order valence-electron chi connectivity index (χ1n) is 8.72. The maximum absolute atomic E-state index is 12.8. The van der Waals surface area contributed by atoms with Gasteiger partial charge in [0.05, 0.1) is 11.6 Å². The van der Waals surface area contributed by atoms with Gasteiger partial charge < -0.3 is 9.80 Å². The molecule has 3 aliphatic rings. The van der Waals surface area contributed by atoms with Crippen molar-refractivity contribution in [2.75, 3.05) is 19.6 Å². The highest BCUT2D eigenvalue weighted by atomic mass is 16.2. The van der Waals surface area contributed by atoms with E-state index < -0.39 is 0 Å². The van der Waals surface area contributed by atoms with Crippen LogP contribution < -0.4 is 0 Å². The van der Waals surface area contributed by atoms with Gasteiger partial charge in [-0.2, -0.15) is 5.10 Å². The predicted octanol–water partition coefficient (Wildman–Crippen LogP) is 1.44. The maximum Gasteiger partial charge on any atom is 0.228 e. The minimum Gasteiger partial charge on any atom is -0.342 e. The maximum atomic E-state index is 12.8. The molecular weight excluding hydrogens is 292 g/mol. The van der Waals surface area contributed by atoms with E-state index in [-0.39, 0.29) is 17.7 Å². The second kappa shape index (κ2) is 5.65. The normalized spacial score (nSPS) is 28.5. The number of carbonyl (C=O) groups is 2. The van der Waals surface area contributed by atoms with Gasteiger partial charge in [0.25, 0.3) is 0 Å². The third kappa shape index (κ3) is 2.86. The first-order valence-corrected chi connectivity index (χ1v) is 8.72. The molecule has 1 aromatic rings. The lowest BCUT2D eigenvalue weighted by Gasteiger charge is -2.33. The van der Waals surface area contributed by atoms with Gasteiger partial charge in [0.15, 0.2) is 0 Å². The van der Waals surface area contributed by atoms with Crippen molar-refractivity contribution in [3.8, 4) is 0 Å². The van der Waals surface area contributed by atoms with Gasteiger partial charge in [0, 0.05) is 43.7 Å². The number of aromatic nitrogens is 2. The number of piperidine rings is 1. The molecule has 2 amide bonds. The molecule has 23 heavy (non-hydrogen) atoms. The Labute approximate surface area is 136 Å². The van der Waals surface area contributed by atoms with Crippen molar-refractivity contribution in [3.05, 3.63) is 17.5 Å². The minimum absolute atomic E-state index is 0.136. The second-order valence-electron chi connectivity index (χ2n) is 7.28. The molecule has 0 spiro atoms. The van der Waals surface area contributed by atoms with Crippen LogP contribution >= 0.6 is 0 Å². The highest BCUT2D eigenvalue weighted by molar-refractivity contribution is 5.89. The van der Waals surface area contributed by atoms with Gasteiger partial charge in [-0.15, -0.1) is 0 Å². The fourth-order valence-electron chi connectivity index (χ4n) is 3.96. The number of rotatable bonds is 3. The molecule has 2 aliphatic heterocycles. The highest BCUT2D eigenvalue weighted by Crippen LogP contribution is 2.34. The minimum atomic E-state index is -0.136. The van der Waals surface area contributed by atoms with Crippen LogP contribution in [0.1, 0.15) is 49.4 Å². The van der Waals surface area contributed by atoms with Gasteiger partial charge in [-0.25, -0.2) is 0 Å². The molecule has 0 bridgehead atoms. The van der Waals surface area contributed by atoms with E-state index in [0.29, 0.717) is 24.9 Å². The van der Waals surface area contributed by atoms with Crippen LogP contribution in [0.25, 0.3) is 0 Å². The zero-order chi connectivity index (χ0) is 16.0. The van der Waals surface area contributed by atoms with Gasteiger partial charge in [-0.3, -0.25) is 14.7 Å². The Bertz CT molecular complexity index is 622. The van der Waals surface area contributed by atoms with E-state index in [9.17, 15) is 9.59 Å². The number of likely N-dealkylation sites (tertiary alicyclic amines) is 2. The molecule has 6 nitrogen and oxygen atoms in total. The van der Waals surface area contributed by atoms with Gasteiger partial charge >= 0.3 is 0 Å². The summed E-state index contributed by atoms with van der Waals surface area (Å²) < 4.78 is 0. The van der Waals surface area contributed by atoms with Crippen molar-refractivity contribution in [2.24, 2.45) is 5.92 Å². The van der Waals surface area contributed by atoms with Crippen LogP contribution in [-0.2, 0) is 9.59 Å². The average molecular weight is 316 g/mol. The Kier molecular flexibility index (Phi) is 3.62. The van der Waals surface area contributed by atoms with E-state index in [1.54, 1.807) is 0 Å². The summed E-state index contributed by atoms with van der Waals surface area (Å²) in [7, 11) is 0. The number of aryl methyl sites for hydroxylation is 1. The first-order chi connectivity index (χ1) is 11.1. The van der Waals surface area contributed by atoms with Crippen LogP contribution in [0.4, 0.5) is 0 Å². The summed E-state index contributed by atoms with van der Waals surface area (Å²) in [4.78, 5) is 28.8. The monoisotopic (exact) mass is 316 g/mol. The number of amides is 2. The molecule has 2 saturated heterocycles. The number of H-pyrrole nitrogens is 1. The van der Waals surface area contributed by atoms with Crippen LogP contribution in [0.3, 0.4) is 0 Å². The lowest BCUT2D eigenvalue weighted by Crippen LogP contribution is -2.43. The van der Waals surface area contributed by atoms with Crippen molar-refractivity contribution in [3.63, 3.8) is 0 Å². The van der Waals surface area contributed by atoms with Crippen molar-refractivity contribution in [1.82, 2.24) is 20.0 Å². The second-order valence-corrected chi connectivity index (χ2v) is 7.28. The van der Waals surface area contributed by atoms with E-state index in [1.807, 2.05) is 16.7 Å². The Morgan fingerprint density at radius 2 is 2.13 bits per heavy atom. The van der Waals surface area contributed by atoms with Crippen molar-refractivity contribution < 1.29 is 9.59 Å². The molecule has 4 rings (SSSR count). The predicted molar refractivity (Wildman–Crippen MR) is 84.7 cm³/mol. The lowest BCUT2D eigenvalue weighted by atomic mass is 9.93. The summed E-state index contributed by atoms with van der Waals surface area (Å²) in [6.07, 6.45) is 4.70. The van der Waals surface area contributed by atoms with Crippen LogP contribution in [-0.4, -0.2) is 57.5 Å². The number of aromatic amines is 1. The van der Waals surface area contributed by atoms with Crippen LogP contribution in [0.15, 0.2) is 6.07 Å². The zero-order valence-electron chi connectivity index (χ0n) is 13.6. The summed E-state index contributed by atoms with van der Waals surface area (Å²) in [6.45, 7) is 4.17. The van der Waals surface area contributed by atoms with E-state index in [0.717, 1.165) is 50.2 Å². The zero-order valence-corrected chi connectivity index (χ0v) is 13.6. The van der Waals surface area contributed by atoms with Crippen molar-refractivity contribution in [2.45, 2.75) is 51.0 Å². The van der Waals surface area contributed by atoms with Crippen LogP contribution in [0.2, 0.25) is 0 Å². The number of nitrogens with zero attached hydrogens (tertiary/aromatic N) is 3. The molecule has 1 aliphatic carbocycles. The molecule has 1 N–H and O–H groups in total. The Hall–Kier alpha value is -1.85. The third-order valence-corrected chi connectivity index (χ3v) is 5.37. The molecule has 0 unspecified atom stereocenters. The van der Waals surface area contributed by atoms with Crippen molar-refractivity contribution >= 4 is 11.8 Å².